The SMILES string of the molecule is Cc1nc(NC(=O)COC(=O)c2cc(=O)c3ccccc3o2)c(Cl)cc1Cl. The number of fused-ring (bicyclic) bond motifs is 1. The van der Waals surface area contributed by atoms with Crippen LogP contribution in [0.1, 0.15) is 16.2 Å². The molecule has 1 aromatic carbocycles. The minimum Gasteiger partial charge on any atom is -0.450 e. The average Bonchev–Trinajstić information content (AvgIpc) is 2.64. The highest BCUT2D eigenvalue weighted by atomic mass is 35.5. The lowest BCUT2D eigenvalue weighted by Gasteiger charge is -2.09. The van der Waals surface area contributed by atoms with Gasteiger partial charge in [0.05, 0.1) is 21.1 Å². The van der Waals surface area contributed by atoms with E-state index in [4.69, 9.17) is 32.4 Å². The van der Waals surface area contributed by atoms with Crippen molar-refractivity contribution < 1.29 is 18.7 Å². The maximum Gasteiger partial charge on any atom is 0.374 e. The summed E-state index contributed by atoms with van der Waals surface area (Å²) in [4.78, 5) is 40.1. The summed E-state index contributed by atoms with van der Waals surface area (Å²) >= 11 is 11.8. The van der Waals surface area contributed by atoms with Crippen LogP contribution in [0.3, 0.4) is 0 Å². The van der Waals surface area contributed by atoms with Crippen LogP contribution < -0.4 is 10.7 Å². The standard InChI is InChI=1S/C18H12Cl2N2O5/c1-9-11(19)6-12(20)17(21-9)22-16(24)8-26-18(25)15-7-13(23)10-4-2-3-5-14(10)27-15/h2-7H,8H2,1H3,(H,21,22,24). The number of esters is 1. The van der Waals surface area contributed by atoms with E-state index in [1.165, 1.54) is 6.07 Å². The molecule has 0 aliphatic heterocycles. The maximum absolute atomic E-state index is 12.1. The fraction of sp³-hybridized carbons (Fsp3) is 0.111. The Hall–Kier alpha value is -2.90. The lowest BCUT2D eigenvalue weighted by Crippen LogP contribution is -2.22. The molecule has 0 aliphatic carbocycles. The van der Waals surface area contributed by atoms with Crippen LogP contribution >= 0.6 is 23.2 Å². The van der Waals surface area contributed by atoms with Gasteiger partial charge < -0.3 is 14.5 Å². The molecule has 0 atom stereocenters. The van der Waals surface area contributed by atoms with Crippen LogP contribution in [0.25, 0.3) is 11.0 Å². The molecule has 2 heterocycles. The maximum atomic E-state index is 12.1. The van der Waals surface area contributed by atoms with Gasteiger partial charge in [0, 0.05) is 6.07 Å². The van der Waals surface area contributed by atoms with Crippen molar-refractivity contribution in [3.05, 3.63) is 68.1 Å². The first kappa shape index (κ1) is 18.9. The fourth-order valence-corrected chi connectivity index (χ4v) is 2.63. The molecule has 0 bridgehead atoms. The summed E-state index contributed by atoms with van der Waals surface area (Å²) in [6, 6.07) is 8.93. The number of aromatic nitrogens is 1. The van der Waals surface area contributed by atoms with E-state index >= 15 is 0 Å². The Kier molecular flexibility index (Phi) is 5.43. The zero-order valence-corrected chi connectivity index (χ0v) is 15.4. The fourth-order valence-electron chi connectivity index (χ4n) is 2.22. The second-order valence-corrected chi connectivity index (χ2v) is 6.30. The Morgan fingerprint density at radius 3 is 2.70 bits per heavy atom. The van der Waals surface area contributed by atoms with E-state index in [9.17, 15) is 14.4 Å². The number of pyridine rings is 1. The van der Waals surface area contributed by atoms with E-state index in [-0.39, 0.29) is 27.6 Å². The first-order valence-electron chi connectivity index (χ1n) is 7.67. The largest absolute Gasteiger partial charge is 0.450 e. The van der Waals surface area contributed by atoms with Crippen molar-refractivity contribution in [3.63, 3.8) is 0 Å². The van der Waals surface area contributed by atoms with Gasteiger partial charge in [-0.05, 0) is 25.1 Å². The molecular formula is C18H12Cl2N2O5. The molecule has 0 aliphatic rings. The van der Waals surface area contributed by atoms with E-state index in [2.05, 4.69) is 10.3 Å². The van der Waals surface area contributed by atoms with Gasteiger partial charge in [0.2, 0.25) is 5.76 Å². The smallest absolute Gasteiger partial charge is 0.374 e. The topological polar surface area (TPSA) is 98.5 Å². The van der Waals surface area contributed by atoms with Gasteiger partial charge in [-0.25, -0.2) is 9.78 Å². The van der Waals surface area contributed by atoms with Gasteiger partial charge in [0.1, 0.15) is 5.58 Å². The van der Waals surface area contributed by atoms with Crippen LogP contribution in [-0.4, -0.2) is 23.5 Å². The molecule has 0 radical (unpaired) electrons. The lowest BCUT2D eigenvalue weighted by molar-refractivity contribution is -0.119. The molecule has 0 saturated heterocycles. The van der Waals surface area contributed by atoms with E-state index in [0.29, 0.717) is 16.1 Å². The van der Waals surface area contributed by atoms with Gasteiger partial charge in [0.25, 0.3) is 5.91 Å². The molecule has 7 nitrogen and oxygen atoms in total. The highest BCUT2D eigenvalue weighted by molar-refractivity contribution is 6.36. The summed E-state index contributed by atoms with van der Waals surface area (Å²) in [6.07, 6.45) is 0. The molecule has 27 heavy (non-hydrogen) atoms. The quantitative estimate of drug-likeness (QED) is 0.664. The third kappa shape index (κ3) is 4.27. The number of aryl methyl sites for hydroxylation is 1. The number of carbonyl (C=O) groups is 2. The molecule has 0 fully saturated rings. The van der Waals surface area contributed by atoms with Gasteiger partial charge in [0.15, 0.2) is 17.9 Å². The van der Waals surface area contributed by atoms with Crippen LogP contribution in [0.5, 0.6) is 0 Å². The minimum atomic E-state index is -0.945. The minimum absolute atomic E-state index is 0.0943. The number of hydrogen-bond donors (Lipinski definition) is 1. The lowest BCUT2D eigenvalue weighted by atomic mass is 10.2. The predicted octanol–water partition coefficient (Wildman–Crippen LogP) is 3.60. The summed E-state index contributed by atoms with van der Waals surface area (Å²) in [5, 5.41) is 3.26. The Labute approximate surface area is 162 Å². The van der Waals surface area contributed by atoms with Crippen molar-refractivity contribution in [1.29, 1.82) is 0 Å². The summed E-state index contributed by atoms with van der Waals surface area (Å²) in [5.41, 5.74) is 0.334. The molecule has 0 unspecified atom stereocenters. The monoisotopic (exact) mass is 406 g/mol. The van der Waals surface area contributed by atoms with Gasteiger partial charge >= 0.3 is 5.97 Å². The number of nitrogens with one attached hydrogen (secondary N) is 1. The van der Waals surface area contributed by atoms with Crippen molar-refractivity contribution in [2.75, 3.05) is 11.9 Å². The number of benzene rings is 1. The second-order valence-electron chi connectivity index (χ2n) is 5.48. The molecule has 138 valence electrons. The normalized spacial score (nSPS) is 10.6. The zero-order chi connectivity index (χ0) is 19.6. The third-order valence-electron chi connectivity index (χ3n) is 3.53. The molecule has 3 rings (SSSR count). The third-order valence-corrected chi connectivity index (χ3v) is 4.20. The van der Waals surface area contributed by atoms with Crippen molar-refractivity contribution in [2.45, 2.75) is 6.92 Å². The predicted molar refractivity (Wildman–Crippen MR) is 100 cm³/mol. The highest BCUT2D eigenvalue weighted by Gasteiger charge is 2.16. The number of amides is 1. The van der Waals surface area contributed by atoms with Crippen LogP contribution in [-0.2, 0) is 9.53 Å². The van der Waals surface area contributed by atoms with Gasteiger partial charge in [-0.2, -0.15) is 0 Å². The number of para-hydroxylation sites is 1. The van der Waals surface area contributed by atoms with Crippen molar-refractivity contribution in [1.82, 2.24) is 4.98 Å². The zero-order valence-electron chi connectivity index (χ0n) is 13.9. The Bertz CT molecular complexity index is 1110. The molecule has 0 saturated carbocycles. The first-order valence-corrected chi connectivity index (χ1v) is 8.43. The number of anilines is 1. The average molecular weight is 407 g/mol. The molecule has 3 aromatic rings. The van der Waals surface area contributed by atoms with Crippen LogP contribution in [0.4, 0.5) is 5.82 Å². The first-order chi connectivity index (χ1) is 12.8. The molecule has 1 N–H and O–H groups in total. The van der Waals surface area contributed by atoms with Gasteiger partial charge in [-0.3, -0.25) is 9.59 Å². The van der Waals surface area contributed by atoms with E-state index in [1.54, 1.807) is 31.2 Å². The van der Waals surface area contributed by atoms with Crippen molar-refractivity contribution in [3.8, 4) is 0 Å². The Morgan fingerprint density at radius 1 is 1.19 bits per heavy atom. The van der Waals surface area contributed by atoms with Crippen LogP contribution in [0.2, 0.25) is 10.0 Å². The van der Waals surface area contributed by atoms with E-state index in [0.717, 1.165) is 6.07 Å². The van der Waals surface area contributed by atoms with Crippen molar-refractivity contribution >= 4 is 51.9 Å². The molecule has 2 aromatic heterocycles. The number of carbonyl (C=O) groups excluding carboxylic acids is 2. The highest BCUT2D eigenvalue weighted by Crippen LogP contribution is 2.25. The number of rotatable bonds is 4. The number of halogens is 2. The Morgan fingerprint density at radius 2 is 1.93 bits per heavy atom. The molecular weight excluding hydrogens is 395 g/mol. The van der Waals surface area contributed by atoms with E-state index in [1.807, 2.05) is 0 Å². The number of nitrogens with zero attached hydrogens (tertiary/aromatic N) is 1. The van der Waals surface area contributed by atoms with E-state index < -0.39 is 18.5 Å². The summed E-state index contributed by atoms with van der Waals surface area (Å²) < 4.78 is 10.2. The van der Waals surface area contributed by atoms with Crippen LogP contribution in [0, 0.1) is 6.92 Å². The number of ether oxygens (including phenoxy) is 1. The number of hydrogen-bond acceptors (Lipinski definition) is 6. The van der Waals surface area contributed by atoms with Gasteiger partial charge in [-0.15, -0.1) is 0 Å². The molecule has 0 spiro atoms. The Balaban J connectivity index is 1.68. The summed E-state index contributed by atoms with van der Waals surface area (Å²) in [6.45, 7) is 1.03. The summed E-state index contributed by atoms with van der Waals surface area (Å²) in [7, 11) is 0. The van der Waals surface area contributed by atoms with Crippen molar-refractivity contribution in [2.24, 2.45) is 0 Å². The second kappa shape index (κ2) is 7.77. The van der Waals surface area contributed by atoms with Crippen LogP contribution in [0.15, 0.2) is 45.6 Å². The molecule has 1 amide bonds. The van der Waals surface area contributed by atoms with Gasteiger partial charge in [-0.1, -0.05) is 35.3 Å². The summed E-state index contributed by atoms with van der Waals surface area (Å²) in [5.74, 6) is -1.82. The molecule has 9 heteroatoms.